The Morgan fingerprint density at radius 3 is 2.50 bits per heavy atom. The van der Waals surface area contributed by atoms with Crippen molar-refractivity contribution in [3.8, 4) is 5.82 Å². The summed E-state index contributed by atoms with van der Waals surface area (Å²) in [5.74, 6) is 0.303. The zero-order valence-electron chi connectivity index (χ0n) is 13.9. The van der Waals surface area contributed by atoms with E-state index < -0.39 is 0 Å². The molecular formula is C17H20N6O. The summed E-state index contributed by atoms with van der Waals surface area (Å²) in [5, 5.41) is 11.1. The SMILES string of the molecule is C\C=C/C=C\C(=C/C)C(=O)NC(C)c1nccnc1-n1nccn1. The van der Waals surface area contributed by atoms with Crippen molar-refractivity contribution in [1.29, 1.82) is 0 Å². The molecule has 0 saturated heterocycles. The average molecular weight is 324 g/mol. The normalized spacial score (nSPS) is 13.5. The monoisotopic (exact) mass is 324 g/mol. The number of hydrogen-bond acceptors (Lipinski definition) is 5. The maximum absolute atomic E-state index is 12.4. The first-order valence-corrected chi connectivity index (χ1v) is 7.61. The second-order valence-electron chi connectivity index (χ2n) is 4.91. The molecule has 1 unspecified atom stereocenters. The van der Waals surface area contributed by atoms with Crippen molar-refractivity contribution in [3.63, 3.8) is 0 Å². The lowest BCUT2D eigenvalue weighted by molar-refractivity contribution is -0.117. The van der Waals surface area contributed by atoms with E-state index in [9.17, 15) is 4.79 Å². The fraction of sp³-hybridized carbons (Fsp3) is 0.235. The van der Waals surface area contributed by atoms with Crippen LogP contribution in [0.25, 0.3) is 5.82 Å². The van der Waals surface area contributed by atoms with E-state index in [1.54, 1.807) is 36.9 Å². The average Bonchev–Trinajstić information content (AvgIpc) is 3.13. The molecule has 0 fully saturated rings. The molecule has 2 heterocycles. The van der Waals surface area contributed by atoms with Crippen LogP contribution in [0.15, 0.2) is 60.7 Å². The van der Waals surface area contributed by atoms with Gasteiger partial charge in [-0.1, -0.05) is 24.3 Å². The lowest BCUT2D eigenvalue weighted by atomic mass is 10.1. The van der Waals surface area contributed by atoms with Crippen LogP contribution in [-0.2, 0) is 4.79 Å². The molecule has 0 aliphatic carbocycles. The van der Waals surface area contributed by atoms with Gasteiger partial charge in [-0.3, -0.25) is 9.78 Å². The van der Waals surface area contributed by atoms with Gasteiger partial charge in [0.15, 0.2) is 5.82 Å². The highest BCUT2D eigenvalue weighted by atomic mass is 16.1. The van der Waals surface area contributed by atoms with Crippen molar-refractivity contribution >= 4 is 5.91 Å². The fourth-order valence-electron chi connectivity index (χ4n) is 2.05. The predicted molar refractivity (Wildman–Crippen MR) is 91.2 cm³/mol. The molecule has 1 amide bonds. The summed E-state index contributed by atoms with van der Waals surface area (Å²) in [7, 11) is 0. The summed E-state index contributed by atoms with van der Waals surface area (Å²) in [5.41, 5.74) is 1.16. The van der Waals surface area contributed by atoms with Gasteiger partial charge in [-0.15, -0.1) is 4.80 Å². The molecule has 2 aromatic heterocycles. The van der Waals surface area contributed by atoms with Crippen molar-refractivity contribution in [3.05, 3.63) is 66.4 Å². The fourth-order valence-corrected chi connectivity index (χ4v) is 2.05. The molecule has 0 spiro atoms. The first kappa shape index (κ1) is 17.3. The minimum atomic E-state index is -0.350. The van der Waals surface area contributed by atoms with Gasteiger partial charge in [0, 0.05) is 18.0 Å². The third-order valence-electron chi connectivity index (χ3n) is 3.22. The van der Waals surface area contributed by atoms with Crippen LogP contribution in [0.1, 0.15) is 32.5 Å². The highest BCUT2D eigenvalue weighted by molar-refractivity contribution is 5.96. The highest BCUT2D eigenvalue weighted by Crippen LogP contribution is 2.16. The zero-order valence-corrected chi connectivity index (χ0v) is 13.9. The first-order valence-electron chi connectivity index (χ1n) is 7.61. The number of carbonyl (C=O) groups excluding carboxylic acids is 1. The largest absolute Gasteiger partial charge is 0.344 e. The molecule has 0 aromatic carbocycles. The van der Waals surface area contributed by atoms with Gasteiger partial charge >= 0.3 is 0 Å². The molecule has 0 aliphatic rings. The Bertz CT molecular complexity index is 761. The van der Waals surface area contributed by atoms with Gasteiger partial charge in [-0.05, 0) is 26.8 Å². The molecule has 1 N–H and O–H groups in total. The Hall–Kier alpha value is -3.09. The van der Waals surface area contributed by atoms with Crippen LogP contribution in [0.2, 0.25) is 0 Å². The lowest BCUT2D eigenvalue weighted by Gasteiger charge is -2.15. The summed E-state index contributed by atoms with van der Waals surface area (Å²) in [6, 6.07) is -0.350. The second-order valence-corrected chi connectivity index (χ2v) is 4.91. The third-order valence-corrected chi connectivity index (χ3v) is 3.22. The molecule has 24 heavy (non-hydrogen) atoms. The van der Waals surface area contributed by atoms with Crippen LogP contribution < -0.4 is 5.32 Å². The maximum atomic E-state index is 12.4. The van der Waals surface area contributed by atoms with Crippen LogP contribution >= 0.6 is 0 Å². The molecule has 2 rings (SSSR count). The van der Waals surface area contributed by atoms with Crippen LogP contribution in [0.5, 0.6) is 0 Å². The Balaban J connectivity index is 2.18. The van der Waals surface area contributed by atoms with Crippen molar-refractivity contribution < 1.29 is 4.79 Å². The molecular weight excluding hydrogens is 304 g/mol. The van der Waals surface area contributed by atoms with Crippen molar-refractivity contribution in [1.82, 2.24) is 30.3 Å². The highest BCUT2D eigenvalue weighted by Gasteiger charge is 2.18. The Morgan fingerprint density at radius 1 is 1.12 bits per heavy atom. The van der Waals surface area contributed by atoms with E-state index in [1.807, 2.05) is 39.0 Å². The van der Waals surface area contributed by atoms with E-state index in [-0.39, 0.29) is 11.9 Å². The van der Waals surface area contributed by atoms with Crippen LogP contribution in [-0.4, -0.2) is 30.9 Å². The minimum Gasteiger partial charge on any atom is -0.344 e. The standard InChI is InChI=1S/C17H20N6O/c1-4-6-7-8-14(5-2)17(24)22-13(3)15-16(19-10-9-18-15)23-20-11-12-21-23/h4-13H,1-3H3,(H,22,24)/b6-4-,8-7-,14-5+. The smallest absolute Gasteiger partial charge is 0.251 e. The molecule has 124 valence electrons. The van der Waals surface area contributed by atoms with Crippen LogP contribution in [0.3, 0.4) is 0 Å². The molecule has 0 aliphatic heterocycles. The number of hydrogen-bond donors (Lipinski definition) is 1. The third kappa shape index (κ3) is 4.22. The molecule has 0 saturated carbocycles. The Labute approximate surface area is 140 Å². The predicted octanol–water partition coefficient (Wildman–Crippen LogP) is 2.31. The number of aromatic nitrogens is 5. The molecule has 0 bridgehead atoms. The van der Waals surface area contributed by atoms with E-state index in [0.29, 0.717) is 17.1 Å². The van der Waals surface area contributed by atoms with Crippen molar-refractivity contribution in [2.75, 3.05) is 0 Å². The Morgan fingerprint density at radius 2 is 1.83 bits per heavy atom. The quantitative estimate of drug-likeness (QED) is 0.651. The number of allylic oxidation sites excluding steroid dienone is 4. The summed E-state index contributed by atoms with van der Waals surface area (Å²) in [4.78, 5) is 22.4. The Kier molecular flexibility index (Phi) is 6.13. The minimum absolute atomic E-state index is 0.184. The number of carbonyl (C=O) groups is 1. The van der Waals surface area contributed by atoms with E-state index >= 15 is 0 Å². The van der Waals surface area contributed by atoms with Crippen LogP contribution in [0.4, 0.5) is 0 Å². The summed E-state index contributed by atoms with van der Waals surface area (Å²) < 4.78 is 0. The van der Waals surface area contributed by atoms with Gasteiger partial charge in [-0.2, -0.15) is 10.2 Å². The van der Waals surface area contributed by atoms with Gasteiger partial charge in [0.1, 0.15) is 5.69 Å². The molecule has 7 nitrogen and oxygen atoms in total. The van der Waals surface area contributed by atoms with Crippen molar-refractivity contribution in [2.24, 2.45) is 0 Å². The van der Waals surface area contributed by atoms with Crippen molar-refractivity contribution in [2.45, 2.75) is 26.8 Å². The van der Waals surface area contributed by atoms with Gasteiger partial charge in [0.2, 0.25) is 0 Å². The van der Waals surface area contributed by atoms with Gasteiger partial charge in [0.25, 0.3) is 5.91 Å². The van der Waals surface area contributed by atoms with E-state index in [0.717, 1.165) is 0 Å². The van der Waals surface area contributed by atoms with E-state index in [4.69, 9.17) is 0 Å². The first-order chi connectivity index (χ1) is 11.7. The zero-order chi connectivity index (χ0) is 17.4. The summed E-state index contributed by atoms with van der Waals surface area (Å²) in [6.45, 7) is 5.58. The van der Waals surface area contributed by atoms with E-state index in [1.165, 1.54) is 4.80 Å². The van der Waals surface area contributed by atoms with Crippen LogP contribution in [0, 0.1) is 0 Å². The molecule has 7 heteroatoms. The molecule has 2 aromatic rings. The molecule has 0 radical (unpaired) electrons. The summed E-state index contributed by atoms with van der Waals surface area (Å²) >= 11 is 0. The van der Waals surface area contributed by atoms with E-state index in [2.05, 4.69) is 25.5 Å². The lowest BCUT2D eigenvalue weighted by Crippen LogP contribution is -2.29. The number of nitrogens with zero attached hydrogens (tertiary/aromatic N) is 5. The summed E-state index contributed by atoms with van der Waals surface area (Å²) in [6.07, 6.45) is 15.4. The maximum Gasteiger partial charge on any atom is 0.251 e. The topological polar surface area (TPSA) is 85.6 Å². The van der Waals surface area contributed by atoms with Gasteiger partial charge < -0.3 is 5.32 Å². The number of rotatable bonds is 6. The molecule has 1 atom stereocenters. The van der Waals surface area contributed by atoms with Gasteiger partial charge in [-0.25, -0.2) is 4.98 Å². The van der Waals surface area contributed by atoms with Gasteiger partial charge in [0.05, 0.1) is 18.4 Å². The number of nitrogens with one attached hydrogen (secondary N) is 1. The second kappa shape index (κ2) is 8.52. The number of amides is 1.